The smallest absolute Gasteiger partial charge is 0.213 e. The predicted molar refractivity (Wildman–Crippen MR) is 72.8 cm³/mol. The first-order chi connectivity index (χ1) is 8.22. The van der Waals surface area contributed by atoms with Crippen LogP contribution in [0.15, 0.2) is 34.9 Å². The molecule has 0 aliphatic rings. The average Bonchev–Trinajstić information content (AvgIpc) is 2.71. The van der Waals surface area contributed by atoms with E-state index in [4.69, 9.17) is 0 Å². The minimum Gasteiger partial charge on any atom is -0.345 e. The fraction of sp³-hybridized carbons (Fsp3) is 0.308. The summed E-state index contributed by atoms with van der Waals surface area (Å²) in [6.07, 6.45) is 3.91. The molecule has 1 heterocycles. The molecule has 3 nitrogen and oxygen atoms in total. The number of aromatic nitrogens is 1. The van der Waals surface area contributed by atoms with Gasteiger partial charge in [-0.05, 0) is 35.0 Å². The highest BCUT2D eigenvalue weighted by Gasteiger charge is 2.07. The summed E-state index contributed by atoms with van der Waals surface area (Å²) in [5.74, 6) is 0. The molecule has 2 rings (SSSR count). The number of halogens is 1. The maximum absolute atomic E-state index is 10.2. The zero-order valence-electron chi connectivity index (χ0n) is 9.61. The molecule has 2 aromatic rings. The van der Waals surface area contributed by atoms with Crippen LogP contribution >= 0.6 is 15.9 Å². The highest BCUT2D eigenvalue weighted by molar-refractivity contribution is 9.10. The minimum atomic E-state index is 0.235. The number of nitrogens with zero attached hydrogens (tertiary/aromatic N) is 1. The van der Waals surface area contributed by atoms with Gasteiger partial charge in [0.05, 0.1) is 12.1 Å². The second-order valence-corrected chi connectivity index (χ2v) is 4.93. The van der Waals surface area contributed by atoms with Crippen molar-refractivity contribution in [2.45, 2.75) is 19.5 Å². The van der Waals surface area contributed by atoms with Gasteiger partial charge in [-0.1, -0.05) is 12.1 Å². The SMILES string of the molecule is C[C@@H](Cn1ccc2cccc(Br)c21)NC[C]=O. The number of fused-ring (bicyclic) bond motifs is 1. The second kappa shape index (κ2) is 5.47. The van der Waals surface area contributed by atoms with E-state index in [1.54, 1.807) is 0 Å². The predicted octanol–water partition coefficient (Wildman–Crippen LogP) is 2.49. The zero-order chi connectivity index (χ0) is 12.3. The second-order valence-electron chi connectivity index (χ2n) is 4.07. The Bertz CT molecular complexity index is 521. The summed E-state index contributed by atoms with van der Waals surface area (Å²) in [5.41, 5.74) is 1.19. The van der Waals surface area contributed by atoms with Crippen LogP contribution in [0.2, 0.25) is 0 Å². The van der Waals surface area contributed by atoms with Crippen molar-refractivity contribution >= 4 is 33.1 Å². The molecular formula is C13H14BrN2O. The van der Waals surface area contributed by atoms with Crippen molar-refractivity contribution in [3.8, 4) is 0 Å². The summed E-state index contributed by atoms with van der Waals surface area (Å²) in [6.45, 7) is 3.16. The van der Waals surface area contributed by atoms with Crippen molar-refractivity contribution in [1.82, 2.24) is 9.88 Å². The molecule has 1 atom stereocenters. The fourth-order valence-corrected chi connectivity index (χ4v) is 2.55. The Balaban J connectivity index is 2.21. The lowest BCUT2D eigenvalue weighted by molar-refractivity contribution is 0.495. The van der Waals surface area contributed by atoms with E-state index in [-0.39, 0.29) is 12.6 Å². The van der Waals surface area contributed by atoms with Crippen LogP contribution in [-0.4, -0.2) is 23.4 Å². The number of hydrogen-bond donors (Lipinski definition) is 1. The summed E-state index contributed by atoms with van der Waals surface area (Å²) in [5, 5.41) is 4.31. The molecule has 1 aromatic carbocycles. The standard InChI is InChI=1S/C13H14BrN2O/c1-10(15-6-8-17)9-16-7-5-11-3-2-4-12(14)13(11)16/h2-5,7,10,15H,6,9H2,1H3/t10-/m0/s1. The van der Waals surface area contributed by atoms with Crippen molar-refractivity contribution in [3.05, 3.63) is 34.9 Å². The molecule has 1 aromatic heterocycles. The van der Waals surface area contributed by atoms with Crippen molar-refractivity contribution < 1.29 is 4.79 Å². The van der Waals surface area contributed by atoms with E-state index < -0.39 is 0 Å². The molecule has 1 N–H and O–H groups in total. The van der Waals surface area contributed by atoms with Gasteiger partial charge in [-0.2, -0.15) is 0 Å². The average molecular weight is 294 g/mol. The Morgan fingerprint density at radius 1 is 1.47 bits per heavy atom. The van der Waals surface area contributed by atoms with Crippen LogP contribution in [0.5, 0.6) is 0 Å². The van der Waals surface area contributed by atoms with Gasteiger partial charge in [0.25, 0.3) is 0 Å². The van der Waals surface area contributed by atoms with Gasteiger partial charge in [0.2, 0.25) is 6.29 Å². The third-order valence-electron chi connectivity index (χ3n) is 2.73. The van der Waals surface area contributed by atoms with Crippen LogP contribution in [0.1, 0.15) is 6.92 Å². The van der Waals surface area contributed by atoms with E-state index in [1.807, 2.05) is 18.4 Å². The van der Waals surface area contributed by atoms with E-state index in [0.717, 1.165) is 11.0 Å². The van der Waals surface area contributed by atoms with Gasteiger partial charge in [0, 0.05) is 28.6 Å². The van der Waals surface area contributed by atoms with Crippen LogP contribution in [-0.2, 0) is 11.3 Å². The van der Waals surface area contributed by atoms with Gasteiger partial charge < -0.3 is 9.88 Å². The largest absolute Gasteiger partial charge is 0.345 e. The quantitative estimate of drug-likeness (QED) is 0.919. The van der Waals surface area contributed by atoms with E-state index in [1.165, 1.54) is 10.9 Å². The first-order valence-electron chi connectivity index (χ1n) is 5.54. The topological polar surface area (TPSA) is 34.0 Å². The molecule has 1 radical (unpaired) electrons. The van der Waals surface area contributed by atoms with Gasteiger partial charge in [-0.3, -0.25) is 4.79 Å². The first kappa shape index (κ1) is 12.3. The molecule has 0 unspecified atom stereocenters. The van der Waals surface area contributed by atoms with E-state index in [9.17, 15) is 4.79 Å². The normalized spacial score (nSPS) is 12.8. The molecule has 0 saturated carbocycles. The van der Waals surface area contributed by atoms with Gasteiger partial charge in [-0.25, -0.2) is 0 Å². The highest BCUT2D eigenvalue weighted by atomic mass is 79.9. The van der Waals surface area contributed by atoms with Gasteiger partial charge >= 0.3 is 0 Å². The van der Waals surface area contributed by atoms with E-state index in [0.29, 0.717) is 0 Å². The molecule has 0 saturated heterocycles. The lowest BCUT2D eigenvalue weighted by Gasteiger charge is -2.14. The number of carbonyl (C=O) groups excluding carboxylic acids is 1. The number of benzene rings is 1. The Morgan fingerprint density at radius 2 is 2.29 bits per heavy atom. The maximum Gasteiger partial charge on any atom is 0.213 e. The zero-order valence-corrected chi connectivity index (χ0v) is 11.2. The van der Waals surface area contributed by atoms with Gasteiger partial charge in [0.15, 0.2) is 0 Å². The molecule has 0 spiro atoms. The first-order valence-corrected chi connectivity index (χ1v) is 6.33. The van der Waals surface area contributed by atoms with Crippen LogP contribution in [0.3, 0.4) is 0 Å². The number of hydrogen-bond acceptors (Lipinski definition) is 2. The summed E-state index contributed by atoms with van der Waals surface area (Å²) in [4.78, 5) is 10.2. The Labute approximate surface area is 109 Å². The monoisotopic (exact) mass is 293 g/mol. The summed E-state index contributed by atoms with van der Waals surface area (Å²) in [6, 6.07) is 8.49. The molecule has 0 fully saturated rings. The summed E-state index contributed by atoms with van der Waals surface area (Å²) < 4.78 is 3.27. The maximum atomic E-state index is 10.2. The lowest BCUT2D eigenvalue weighted by Crippen LogP contribution is -2.31. The van der Waals surface area contributed by atoms with Crippen LogP contribution in [0.4, 0.5) is 0 Å². The van der Waals surface area contributed by atoms with Crippen LogP contribution in [0, 0.1) is 0 Å². The molecule has 17 heavy (non-hydrogen) atoms. The van der Waals surface area contributed by atoms with Crippen molar-refractivity contribution in [2.75, 3.05) is 6.54 Å². The van der Waals surface area contributed by atoms with Gasteiger partial charge in [-0.15, -0.1) is 0 Å². The van der Waals surface area contributed by atoms with E-state index in [2.05, 4.69) is 51.1 Å². The highest BCUT2D eigenvalue weighted by Crippen LogP contribution is 2.24. The van der Waals surface area contributed by atoms with E-state index >= 15 is 0 Å². The minimum absolute atomic E-state index is 0.235. The summed E-state index contributed by atoms with van der Waals surface area (Å²) in [7, 11) is 0. The molecule has 0 aliphatic carbocycles. The number of nitrogens with one attached hydrogen (secondary N) is 1. The van der Waals surface area contributed by atoms with Gasteiger partial charge in [0.1, 0.15) is 0 Å². The van der Waals surface area contributed by atoms with Crippen molar-refractivity contribution in [2.24, 2.45) is 0 Å². The molecule has 4 heteroatoms. The molecule has 0 amide bonds. The van der Waals surface area contributed by atoms with Crippen LogP contribution in [0.25, 0.3) is 10.9 Å². The molecule has 89 valence electrons. The molecular weight excluding hydrogens is 280 g/mol. The Hall–Kier alpha value is -1.13. The molecule has 0 aliphatic heterocycles. The number of para-hydroxylation sites is 1. The van der Waals surface area contributed by atoms with Crippen molar-refractivity contribution in [3.63, 3.8) is 0 Å². The Kier molecular flexibility index (Phi) is 3.97. The molecule has 0 bridgehead atoms. The third kappa shape index (κ3) is 2.76. The number of rotatable bonds is 5. The van der Waals surface area contributed by atoms with Crippen molar-refractivity contribution in [1.29, 1.82) is 0 Å². The van der Waals surface area contributed by atoms with Crippen LogP contribution < -0.4 is 5.32 Å². The summed E-state index contributed by atoms with van der Waals surface area (Å²) >= 11 is 3.57. The fourth-order valence-electron chi connectivity index (χ4n) is 1.94. The Morgan fingerprint density at radius 3 is 3.06 bits per heavy atom. The third-order valence-corrected chi connectivity index (χ3v) is 3.37. The lowest BCUT2D eigenvalue weighted by atomic mass is 10.2.